The van der Waals surface area contributed by atoms with Gasteiger partial charge in [0.1, 0.15) is 0 Å². The first-order valence-corrected chi connectivity index (χ1v) is 10.1. The summed E-state index contributed by atoms with van der Waals surface area (Å²) >= 11 is 6.16. The molecule has 1 aromatic rings. The van der Waals surface area contributed by atoms with Crippen molar-refractivity contribution in [3.63, 3.8) is 0 Å². The minimum absolute atomic E-state index is 0. The summed E-state index contributed by atoms with van der Waals surface area (Å²) in [5.41, 5.74) is 1.07. The number of nitrogens with one attached hydrogen (secondary N) is 1. The van der Waals surface area contributed by atoms with Crippen LogP contribution in [0.1, 0.15) is 37.3 Å². The Morgan fingerprint density at radius 1 is 1.07 bits per heavy atom. The van der Waals surface area contributed by atoms with Crippen LogP contribution in [0, 0.1) is 11.8 Å². The summed E-state index contributed by atoms with van der Waals surface area (Å²) in [6.45, 7) is 3.63. The number of carbonyl (C=O) groups is 2. The number of benzene rings is 1. The Labute approximate surface area is 171 Å². The van der Waals surface area contributed by atoms with Crippen LogP contribution in [-0.2, 0) is 9.59 Å². The zero-order chi connectivity index (χ0) is 18.1. The van der Waals surface area contributed by atoms with Crippen molar-refractivity contribution in [1.82, 2.24) is 15.1 Å². The second-order valence-corrected chi connectivity index (χ2v) is 8.14. The molecular formula is C20H27Cl2N3O2. The van der Waals surface area contributed by atoms with Gasteiger partial charge in [-0.2, -0.15) is 0 Å². The smallest absolute Gasteiger partial charge is 0.228 e. The van der Waals surface area contributed by atoms with Gasteiger partial charge in [0.05, 0.1) is 12.0 Å². The highest BCUT2D eigenvalue weighted by Crippen LogP contribution is 2.33. The van der Waals surface area contributed by atoms with Crippen molar-refractivity contribution < 1.29 is 9.59 Å². The number of amides is 2. The Morgan fingerprint density at radius 3 is 2.63 bits per heavy atom. The third-order valence-corrected chi connectivity index (χ3v) is 6.00. The predicted molar refractivity (Wildman–Crippen MR) is 108 cm³/mol. The normalized spacial score (nSPS) is 25.7. The maximum atomic E-state index is 13.3. The van der Waals surface area contributed by atoms with Crippen molar-refractivity contribution in [1.29, 1.82) is 0 Å². The molecule has 2 amide bonds. The Morgan fingerprint density at radius 2 is 1.89 bits per heavy atom. The van der Waals surface area contributed by atoms with E-state index < -0.39 is 0 Å². The van der Waals surface area contributed by atoms with Crippen molar-refractivity contribution >= 4 is 35.8 Å². The molecule has 3 fully saturated rings. The van der Waals surface area contributed by atoms with Crippen LogP contribution in [-0.4, -0.2) is 54.3 Å². The molecule has 2 heterocycles. The first kappa shape index (κ1) is 20.4. The lowest BCUT2D eigenvalue weighted by molar-refractivity contribution is -0.143. The van der Waals surface area contributed by atoms with Gasteiger partial charge in [-0.05, 0) is 43.4 Å². The van der Waals surface area contributed by atoms with Gasteiger partial charge in [0.25, 0.3) is 0 Å². The van der Waals surface area contributed by atoms with Gasteiger partial charge in [0, 0.05) is 43.7 Å². The molecule has 27 heavy (non-hydrogen) atoms. The molecule has 5 nitrogen and oxygen atoms in total. The van der Waals surface area contributed by atoms with Gasteiger partial charge in [0.2, 0.25) is 11.8 Å². The van der Waals surface area contributed by atoms with E-state index in [0.717, 1.165) is 50.9 Å². The van der Waals surface area contributed by atoms with Crippen LogP contribution in [0.5, 0.6) is 0 Å². The minimum Gasteiger partial charge on any atom is -0.342 e. The number of halogens is 2. The number of nitrogens with zero attached hydrogens (tertiary/aromatic N) is 2. The van der Waals surface area contributed by atoms with E-state index in [4.69, 9.17) is 11.6 Å². The molecule has 7 heteroatoms. The van der Waals surface area contributed by atoms with Crippen molar-refractivity contribution in [2.75, 3.05) is 32.7 Å². The third-order valence-electron chi connectivity index (χ3n) is 5.77. The lowest BCUT2D eigenvalue weighted by Gasteiger charge is -2.41. The van der Waals surface area contributed by atoms with Crippen molar-refractivity contribution in [3.05, 3.63) is 34.9 Å². The molecular weight excluding hydrogens is 385 g/mol. The predicted octanol–water partition coefficient (Wildman–Crippen LogP) is 2.88. The molecule has 148 valence electrons. The second-order valence-electron chi connectivity index (χ2n) is 7.70. The summed E-state index contributed by atoms with van der Waals surface area (Å²) in [5, 5.41) is 4.08. The van der Waals surface area contributed by atoms with E-state index in [1.54, 1.807) is 0 Å². The number of hydrogen-bond donors (Lipinski definition) is 1. The number of piperazine rings is 1. The lowest BCUT2D eigenvalue weighted by Crippen LogP contribution is -2.53. The van der Waals surface area contributed by atoms with E-state index in [9.17, 15) is 9.59 Å². The molecule has 2 unspecified atom stereocenters. The molecule has 0 aromatic heterocycles. The van der Waals surface area contributed by atoms with Crippen LogP contribution in [0.15, 0.2) is 24.3 Å². The van der Waals surface area contributed by atoms with Crippen LogP contribution < -0.4 is 5.32 Å². The molecule has 2 atom stereocenters. The van der Waals surface area contributed by atoms with E-state index in [0.29, 0.717) is 18.1 Å². The molecule has 0 radical (unpaired) electrons. The first-order chi connectivity index (χ1) is 12.6. The average Bonchev–Trinajstić information content (AvgIpc) is 3.52. The molecule has 1 aliphatic carbocycles. The molecule has 3 aliphatic rings. The summed E-state index contributed by atoms with van der Waals surface area (Å²) in [7, 11) is 0. The Hall–Kier alpha value is -1.30. The van der Waals surface area contributed by atoms with E-state index in [1.165, 1.54) is 0 Å². The van der Waals surface area contributed by atoms with E-state index in [2.05, 4.69) is 5.32 Å². The first-order valence-electron chi connectivity index (χ1n) is 9.69. The second kappa shape index (κ2) is 8.80. The van der Waals surface area contributed by atoms with Crippen LogP contribution in [0.4, 0.5) is 0 Å². The van der Waals surface area contributed by atoms with Gasteiger partial charge in [-0.3, -0.25) is 9.59 Å². The van der Waals surface area contributed by atoms with Gasteiger partial charge in [-0.25, -0.2) is 0 Å². The molecule has 0 bridgehead atoms. The summed E-state index contributed by atoms with van der Waals surface area (Å²) < 4.78 is 0. The number of rotatable bonds is 3. The Balaban J connectivity index is 0.00000210. The minimum atomic E-state index is -0.0776. The van der Waals surface area contributed by atoms with Crippen LogP contribution in [0.2, 0.25) is 5.02 Å². The highest BCUT2D eigenvalue weighted by atomic mass is 35.5. The number of hydrogen-bond acceptors (Lipinski definition) is 3. The molecule has 1 saturated carbocycles. The van der Waals surface area contributed by atoms with Gasteiger partial charge >= 0.3 is 0 Å². The zero-order valence-electron chi connectivity index (χ0n) is 15.4. The highest BCUT2D eigenvalue weighted by Gasteiger charge is 2.39. The quantitative estimate of drug-likeness (QED) is 0.831. The molecule has 1 N–H and O–H groups in total. The standard InChI is InChI=1S/C20H26ClN3O2.ClH/c21-17-5-1-3-15(11-17)18-12-22-8-10-24(18)20(26)16-4-2-9-23(13-16)19(25)14-6-7-14;/h1,3,5,11,14,16,18,22H,2,4,6-10,12-13H2;1H. The molecule has 1 aromatic carbocycles. The van der Waals surface area contributed by atoms with Gasteiger partial charge in [0.15, 0.2) is 0 Å². The van der Waals surface area contributed by atoms with Gasteiger partial charge in [-0.15, -0.1) is 12.4 Å². The molecule has 2 saturated heterocycles. The fourth-order valence-corrected chi connectivity index (χ4v) is 4.38. The molecule has 4 rings (SSSR count). The summed E-state index contributed by atoms with van der Waals surface area (Å²) in [4.78, 5) is 29.6. The van der Waals surface area contributed by atoms with Crippen molar-refractivity contribution in [3.8, 4) is 0 Å². The maximum absolute atomic E-state index is 13.3. The number of piperidine rings is 1. The monoisotopic (exact) mass is 411 g/mol. The third kappa shape index (κ3) is 4.58. The van der Waals surface area contributed by atoms with Gasteiger partial charge in [-0.1, -0.05) is 23.7 Å². The fourth-order valence-electron chi connectivity index (χ4n) is 4.18. The van der Waals surface area contributed by atoms with Crippen molar-refractivity contribution in [2.24, 2.45) is 11.8 Å². The van der Waals surface area contributed by atoms with E-state index in [-0.39, 0.29) is 42.1 Å². The highest BCUT2D eigenvalue weighted by molar-refractivity contribution is 6.30. The summed E-state index contributed by atoms with van der Waals surface area (Å²) in [6, 6.07) is 7.78. The topological polar surface area (TPSA) is 52.7 Å². The largest absolute Gasteiger partial charge is 0.342 e. The fraction of sp³-hybridized carbons (Fsp3) is 0.600. The van der Waals surface area contributed by atoms with Gasteiger partial charge < -0.3 is 15.1 Å². The SMILES string of the molecule is Cl.O=C(C1CC1)N1CCCC(C(=O)N2CCNCC2c2cccc(Cl)c2)C1. The lowest BCUT2D eigenvalue weighted by atomic mass is 9.93. The number of likely N-dealkylation sites (tertiary alicyclic amines) is 1. The van der Waals surface area contributed by atoms with Crippen LogP contribution in [0.25, 0.3) is 0 Å². The Kier molecular flexibility index (Phi) is 6.66. The van der Waals surface area contributed by atoms with Crippen molar-refractivity contribution in [2.45, 2.75) is 31.7 Å². The Bertz CT molecular complexity index is 696. The van der Waals surface area contributed by atoms with Crippen LogP contribution >= 0.6 is 24.0 Å². The zero-order valence-corrected chi connectivity index (χ0v) is 17.0. The van der Waals surface area contributed by atoms with Crippen LogP contribution in [0.3, 0.4) is 0 Å². The van der Waals surface area contributed by atoms with E-state index in [1.807, 2.05) is 34.1 Å². The molecule has 0 spiro atoms. The summed E-state index contributed by atoms with van der Waals surface area (Å²) in [5.74, 6) is 0.590. The number of carbonyl (C=O) groups excluding carboxylic acids is 2. The maximum Gasteiger partial charge on any atom is 0.228 e. The summed E-state index contributed by atoms with van der Waals surface area (Å²) in [6.07, 6.45) is 3.83. The average molecular weight is 412 g/mol. The van der Waals surface area contributed by atoms with E-state index >= 15 is 0 Å². The molecule has 2 aliphatic heterocycles.